The maximum absolute atomic E-state index is 12.5. The molecule has 1 aliphatic heterocycles. The highest BCUT2D eigenvalue weighted by Crippen LogP contribution is 2.39. The molecule has 0 aromatic heterocycles. The average Bonchev–Trinajstić information content (AvgIpc) is 2.99. The Labute approximate surface area is 113 Å². The summed E-state index contributed by atoms with van der Waals surface area (Å²) in [6, 6.07) is 6.59. The van der Waals surface area contributed by atoms with Crippen molar-refractivity contribution in [2.75, 3.05) is 18.5 Å². The molecule has 1 aliphatic carbocycles. The highest BCUT2D eigenvalue weighted by molar-refractivity contribution is 7.89. The SMILES string of the molecule is NNc1ccc(S(=O)(=O)N2CC3CCCC3C2)cc1. The minimum atomic E-state index is -3.34. The summed E-state index contributed by atoms with van der Waals surface area (Å²) < 4.78 is 26.7. The number of nitrogens with zero attached hydrogens (tertiary/aromatic N) is 1. The van der Waals surface area contributed by atoms with Gasteiger partial charge in [0.2, 0.25) is 10.0 Å². The molecule has 5 nitrogen and oxygen atoms in total. The molecule has 3 N–H and O–H groups in total. The van der Waals surface area contributed by atoms with Gasteiger partial charge in [0.05, 0.1) is 4.90 Å². The second-order valence-corrected chi connectivity index (χ2v) is 7.38. The van der Waals surface area contributed by atoms with E-state index < -0.39 is 10.0 Å². The van der Waals surface area contributed by atoms with Crippen LogP contribution in [0.15, 0.2) is 29.2 Å². The third-order valence-corrected chi connectivity index (χ3v) is 6.20. The molecule has 0 spiro atoms. The largest absolute Gasteiger partial charge is 0.324 e. The summed E-state index contributed by atoms with van der Waals surface area (Å²) in [6.07, 6.45) is 3.60. The van der Waals surface area contributed by atoms with E-state index in [9.17, 15) is 8.42 Å². The minimum Gasteiger partial charge on any atom is -0.324 e. The smallest absolute Gasteiger partial charge is 0.243 e. The molecule has 0 radical (unpaired) electrons. The Morgan fingerprint density at radius 3 is 2.21 bits per heavy atom. The number of hydrazine groups is 1. The van der Waals surface area contributed by atoms with Crippen LogP contribution in [0, 0.1) is 11.8 Å². The number of nitrogen functional groups attached to an aromatic ring is 1. The molecule has 2 fully saturated rings. The summed E-state index contributed by atoms with van der Waals surface area (Å²) in [5, 5.41) is 0. The van der Waals surface area contributed by atoms with Crippen molar-refractivity contribution >= 4 is 15.7 Å². The van der Waals surface area contributed by atoms with Crippen molar-refractivity contribution in [1.29, 1.82) is 0 Å². The number of benzene rings is 1. The number of hydrogen-bond donors (Lipinski definition) is 2. The number of sulfonamides is 1. The topological polar surface area (TPSA) is 75.4 Å². The first kappa shape index (κ1) is 12.9. The first-order valence-electron chi connectivity index (χ1n) is 6.68. The molecule has 19 heavy (non-hydrogen) atoms. The number of nitrogens with one attached hydrogen (secondary N) is 1. The Balaban J connectivity index is 1.82. The Hall–Kier alpha value is -1.11. The second kappa shape index (κ2) is 4.77. The van der Waals surface area contributed by atoms with Crippen LogP contribution in [0.4, 0.5) is 5.69 Å². The molecule has 6 heteroatoms. The number of hydrogen-bond acceptors (Lipinski definition) is 4. The molecular weight excluding hydrogens is 262 g/mol. The lowest BCUT2D eigenvalue weighted by atomic mass is 10.0. The molecule has 1 aromatic carbocycles. The van der Waals surface area contributed by atoms with E-state index in [1.54, 1.807) is 28.6 Å². The van der Waals surface area contributed by atoms with Crippen molar-refractivity contribution in [3.8, 4) is 0 Å². The van der Waals surface area contributed by atoms with E-state index in [0.717, 1.165) is 0 Å². The first-order valence-corrected chi connectivity index (χ1v) is 8.12. The molecular formula is C13H19N3O2S. The summed E-state index contributed by atoms with van der Waals surface area (Å²) >= 11 is 0. The van der Waals surface area contributed by atoms with Gasteiger partial charge in [0.1, 0.15) is 0 Å². The standard InChI is InChI=1S/C13H19N3O2S/c14-15-12-4-6-13(7-5-12)19(17,18)16-8-10-2-1-3-11(10)9-16/h4-7,10-11,15H,1-3,8-9,14H2. The Kier molecular flexibility index (Phi) is 3.24. The van der Waals surface area contributed by atoms with Crippen LogP contribution in [0.1, 0.15) is 19.3 Å². The van der Waals surface area contributed by atoms with Crippen molar-refractivity contribution in [3.05, 3.63) is 24.3 Å². The normalized spacial score (nSPS) is 27.4. The van der Waals surface area contributed by atoms with Crippen LogP contribution >= 0.6 is 0 Å². The number of nitrogens with two attached hydrogens (primary N) is 1. The fourth-order valence-corrected chi connectivity index (χ4v) is 4.81. The third kappa shape index (κ3) is 2.24. The fourth-order valence-electron chi connectivity index (χ4n) is 3.26. The fraction of sp³-hybridized carbons (Fsp3) is 0.538. The zero-order valence-electron chi connectivity index (χ0n) is 10.7. The summed E-state index contributed by atoms with van der Waals surface area (Å²) in [6.45, 7) is 1.37. The van der Waals surface area contributed by atoms with Gasteiger partial charge in [-0.2, -0.15) is 4.31 Å². The lowest BCUT2D eigenvalue weighted by Crippen LogP contribution is -2.29. The molecule has 104 valence electrons. The Morgan fingerprint density at radius 2 is 1.68 bits per heavy atom. The molecule has 3 rings (SSSR count). The van der Waals surface area contributed by atoms with Gasteiger partial charge in [-0.3, -0.25) is 5.84 Å². The molecule has 1 saturated carbocycles. The van der Waals surface area contributed by atoms with Crippen molar-refractivity contribution in [1.82, 2.24) is 4.31 Å². The Morgan fingerprint density at radius 1 is 1.11 bits per heavy atom. The van der Waals surface area contributed by atoms with Gasteiger partial charge in [-0.15, -0.1) is 0 Å². The van der Waals surface area contributed by atoms with Crippen LogP contribution in [0.2, 0.25) is 0 Å². The van der Waals surface area contributed by atoms with Gasteiger partial charge in [0.15, 0.2) is 0 Å². The van der Waals surface area contributed by atoms with E-state index in [2.05, 4.69) is 5.43 Å². The molecule has 1 aromatic rings. The molecule has 2 atom stereocenters. The quantitative estimate of drug-likeness (QED) is 0.648. The maximum atomic E-state index is 12.5. The van der Waals surface area contributed by atoms with Crippen LogP contribution in [-0.2, 0) is 10.0 Å². The molecule has 1 heterocycles. The van der Waals surface area contributed by atoms with E-state index in [1.165, 1.54) is 19.3 Å². The van der Waals surface area contributed by atoms with E-state index >= 15 is 0 Å². The van der Waals surface area contributed by atoms with E-state index in [-0.39, 0.29) is 0 Å². The zero-order chi connectivity index (χ0) is 13.5. The minimum absolute atomic E-state index is 0.353. The van der Waals surface area contributed by atoms with Gasteiger partial charge >= 0.3 is 0 Å². The molecule has 2 unspecified atom stereocenters. The monoisotopic (exact) mass is 281 g/mol. The predicted molar refractivity (Wildman–Crippen MR) is 73.8 cm³/mol. The van der Waals surface area contributed by atoms with Crippen molar-refractivity contribution in [2.45, 2.75) is 24.2 Å². The average molecular weight is 281 g/mol. The first-order chi connectivity index (χ1) is 9.11. The molecule has 2 aliphatic rings. The highest BCUT2D eigenvalue weighted by atomic mass is 32.2. The second-order valence-electron chi connectivity index (χ2n) is 5.44. The summed E-state index contributed by atoms with van der Waals surface area (Å²) in [4.78, 5) is 0.353. The lowest BCUT2D eigenvalue weighted by Gasteiger charge is -2.17. The summed E-state index contributed by atoms with van der Waals surface area (Å²) in [5.41, 5.74) is 3.20. The molecule has 0 bridgehead atoms. The number of anilines is 1. The van der Waals surface area contributed by atoms with Crippen molar-refractivity contribution < 1.29 is 8.42 Å². The van der Waals surface area contributed by atoms with Gasteiger partial charge in [0.25, 0.3) is 0 Å². The van der Waals surface area contributed by atoms with Gasteiger partial charge < -0.3 is 5.43 Å². The van der Waals surface area contributed by atoms with Crippen LogP contribution in [-0.4, -0.2) is 25.8 Å². The zero-order valence-corrected chi connectivity index (χ0v) is 11.6. The molecule has 0 amide bonds. The number of fused-ring (bicyclic) bond motifs is 1. The maximum Gasteiger partial charge on any atom is 0.243 e. The van der Waals surface area contributed by atoms with Crippen LogP contribution in [0.5, 0.6) is 0 Å². The van der Waals surface area contributed by atoms with Gasteiger partial charge in [-0.25, -0.2) is 8.42 Å². The predicted octanol–water partition coefficient (Wildman–Crippen LogP) is 1.39. The lowest BCUT2D eigenvalue weighted by molar-refractivity contribution is 0.445. The summed E-state index contributed by atoms with van der Waals surface area (Å²) in [7, 11) is -3.34. The van der Waals surface area contributed by atoms with E-state index in [1.807, 2.05) is 0 Å². The van der Waals surface area contributed by atoms with Crippen molar-refractivity contribution in [3.63, 3.8) is 0 Å². The van der Waals surface area contributed by atoms with Gasteiger partial charge in [-0.1, -0.05) is 6.42 Å². The summed E-state index contributed by atoms with van der Waals surface area (Å²) in [5.74, 6) is 6.42. The van der Waals surface area contributed by atoms with Gasteiger partial charge in [-0.05, 0) is 48.9 Å². The van der Waals surface area contributed by atoms with Crippen molar-refractivity contribution in [2.24, 2.45) is 17.7 Å². The van der Waals surface area contributed by atoms with E-state index in [4.69, 9.17) is 5.84 Å². The van der Waals surface area contributed by atoms with Gasteiger partial charge in [0, 0.05) is 18.8 Å². The third-order valence-electron chi connectivity index (χ3n) is 4.35. The highest BCUT2D eigenvalue weighted by Gasteiger charge is 2.41. The Bertz CT molecular complexity index is 544. The van der Waals surface area contributed by atoms with Crippen LogP contribution in [0.25, 0.3) is 0 Å². The van der Waals surface area contributed by atoms with E-state index in [0.29, 0.717) is 35.5 Å². The molecule has 1 saturated heterocycles. The van der Waals surface area contributed by atoms with Crippen LogP contribution < -0.4 is 11.3 Å². The van der Waals surface area contributed by atoms with Crippen LogP contribution in [0.3, 0.4) is 0 Å². The number of rotatable bonds is 3.